The number of hydrogen-bond donors (Lipinski definition) is 3. The van der Waals surface area contributed by atoms with E-state index in [0.717, 1.165) is 43.8 Å². The Bertz CT molecular complexity index is 1570. The first-order chi connectivity index (χ1) is 19.7. The zero-order valence-corrected chi connectivity index (χ0v) is 22.8. The van der Waals surface area contributed by atoms with Crippen LogP contribution in [0.15, 0.2) is 124 Å². The summed E-state index contributed by atoms with van der Waals surface area (Å²) in [6, 6.07) is 22.9. The Morgan fingerprint density at radius 2 is 1.68 bits per heavy atom. The number of anilines is 2. The summed E-state index contributed by atoms with van der Waals surface area (Å²) >= 11 is 1.62. The van der Waals surface area contributed by atoms with Crippen molar-refractivity contribution in [2.75, 3.05) is 10.6 Å². The first kappa shape index (κ1) is 27.3. The quantitative estimate of drug-likeness (QED) is 0.189. The Kier molecular flexibility index (Phi) is 9.00. The summed E-state index contributed by atoms with van der Waals surface area (Å²) in [6.07, 6.45) is 9.21. The molecule has 0 aliphatic heterocycles. The van der Waals surface area contributed by atoms with E-state index in [4.69, 9.17) is 9.97 Å². The third kappa shape index (κ3) is 6.47. The van der Waals surface area contributed by atoms with Gasteiger partial charge in [-0.25, -0.2) is 4.98 Å². The SMILES string of the molecule is C=C1/C=C\C=C/CC[C@H](N=O)C1Nc1nc(NCc2ccccc2Sc2ccccc2CO)nc2ccccc12. The van der Waals surface area contributed by atoms with Gasteiger partial charge in [-0.15, -0.1) is 0 Å². The number of benzene rings is 3. The van der Waals surface area contributed by atoms with Crippen LogP contribution in [0.25, 0.3) is 10.9 Å². The molecule has 2 atom stereocenters. The molecule has 5 rings (SSSR count). The Labute approximate surface area is 238 Å². The standard InChI is InChI=1S/C32H31N5O2S/c1-22-12-4-2-3-5-17-27(37-39)30(22)35-31-25-15-8-9-16-26(25)34-32(36-31)33-20-23-13-6-10-18-28(23)40-29-19-11-7-14-24(29)21-38/h2-4,6-16,18-19,27,30,38H,1,5,17,20-21H2,(H2,33,34,35,36)/b3-2-,12-4-/t27-,30?/m0/s1. The van der Waals surface area contributed by atoms with Crippen LogP contribution in [0.3, 0.4) is 0 Å². The lowest BCUT2D eigenvalue weighted by Gasteiger charge is -2.25. The maximum Gasteiger partial charge on any atom is 0.225 e. The molecule has 40 heavy (non-hydrogen) atoms. The Morgan fingerprint density at radius 3 is 2.48 bits per heavy atom. The molecule has 1 unspecified atom stereocenters. The summed E-state index contributed by atoms with van der Waals surface area (Å²) in [5.74, 6) is 1.09. The van der Waals surface area contributed by atoms with Crippen molar-refractivity contribution in [1.82, 2.24) is 9.97 Å². The largest absolute Gasteiger partial charge is 0.392 e. The summed E-state index contributed by atoms with van der Waals surface area (Å²) in [5.41, 5.74) is 3.52. The van der Waals surface area contributed by atoms with Crippen LogP contribution in [0.4, 0.5) is 11.8 Å². The number of aromatic nitrogens is 2. The molecule has 3 aromatic carbocycles. The topological polar surface area (TPSA) is 99.5 Å². The summed E-state index contributed by atoms with van der Waals surface area (Å²) in [7, 11) is 0. The predicted molar refractivity (Wildman–Crippen MR) is 163 cm³/mol. The molecule has 0 spiro atoms. The van der Waals surface area contributed by atoms with Gasteiger partial charge in [0.1, 0.15) is 11.9 Å². The van der Waals surface area contributed by atoms with E-state index < -0.39 is 12.1 Å². The van der Waals surface area contributed by atoms with Crippen LogP contribution < -0.4 is 10.6 Å². The third-order valence-electron chi connectivity index (χ3n) is 6.77. The predicted octanol–water partition coefficient (Wildman–Crippen LogP) is 7.26. The van der Waals surface area contributed by atoms with E-state index in [1.807, 2.05) is 85.0 Å². The summed E-state index contributed by atoms with van der Waals surface area (Å²) in [4.78, 5) is 23.5. The number of nitrogens with zero attached hydrogens (tertiary/aromatic N) is 3. The number of aliphatic hydroxyl groups excluding tert-OH is 1. The van der Waals surface area contributed by atoms with E-state index in [1.54, 1.807) is 11.8 Å². The van der Waals surface area contributed by atoms with Crippen molar-refractivity contribution >= 4 is 34.4 Å². The van der Waals surface area contributed by atoms with Gasteiger partial charge < -0.3 is 15.7 Å². The molecule has 202 valence electrons. The third-order valence-corrected chi connectivity index (χ3v) is 8.01. The second-order valence-electron chi connectivity index (χ2n) is 9.48. The number of para-hydroxylation sites is 1. The molecular formula is C32H31N5O2S. The van der Waals surface area contributed by atoms with Crippen molar-refractivity contribution in [3.8, 4) is 0 Å². The van der Waals surface area contributed by atoms with Crippen molar-refractivity contribution in [1.29, 1.82) is 0 Å². The maximum atomic E-state index is 11.8. The highest BCUT2D eigenvalue weighted by molar-refractivity contribution is 7.99. The minimum Gasteiger partial charge on any atom is -0.392 e. The van der Waals surface area contributed by atoms with Gasteiger partial charge in [0, 0.05) is 21.7 Å². The van der Waals surface area contributed by atoms with E-state index in [2.05, 4.69) is 34.5 Å². The number of nitroso groups, excluding NO2 is 1. The molecule has 3 N–H and O–H groups in total. The van der Waals surface area contributed by atoms with Crippen molar-refractivity contribution < 1.29 is 5.11 Å². The minimum absolute atomic E-state index is 0.00943. The fourth-order valence-electron chi connectivity index (χ4n) is 4.63. The Hall–Kier alpha value is -4.27. The highest BCUT2D eigenvalue weighted by Crippen LogP contribution is 2.33. The van der Waals surface area contributed by atoms with Gasteiger partial charge in [-0.2, -0.15) is 9.89 Å². The van der Waals surface area contributed by atoms with Gasteiger partial charge in [0.25, 0.3) is 0 Å². The van der Waals surface area contributed by atoms with E-state index >= 15 is 0 Å². The zero-order valence-electron chi connectivity index (χ0n) is 22.0. The van der Waals surface area contributed by atoms with Crippen LogP contribution >= 0.6 is 11.8 Å². The minimum atomic E-state index is -0.490. The van der Waals surface area contributed by atoms with Gasteiger partial charge >= 0.3 is 0 Å². The molecule has 0 radical (unpaired) electrons. The number of allylic oxidation sites excluding steroid dienone is 3. The lowest BCUT2D eigenvalue weighted by molar-refractivity contribution is 0.279. The van der Waals surface area contributed by atoms with Gasteiger partial charge in [0.15, 0.2) is 0 Å². The molecule has 0 fully saturated rings. The second kappa shape index (κ2) is 13.2. The van der Waals surface area contributed by atoms with Crippen molar-refractivity contribution in [2.45, 2.75) is 47.9 Å². The van der Waals surface area contributed by atoms with Crippen LogP contribution in [-0.4, -0.2) is 27.2 Å². The van der Waals surface area contributed by atoms with Crippen LogP contribution in [0.2, 0.25) is 0 Å². The van der Waals surface area contributed by atoms with Crippen molar-refractivity contribution in [3.63, 3.8) is 0 Å². The molecule has 1 aromatic heterocycles. The monoisotopic (exact) mass is 549 g/mol. The van der Waals surface area contributed by atoms with E-state index in [0.29, 0.717) is 24.7 Å². The molecule has 8 heteroatoms. The molecule has 0 bridgehead atoms. The highest BCUT2D eigenvalue weighted by Gasteiger charge is 2.25. The van der Waals surface area contributed by atoms with Gasteiger partial charge in [-0.3, -0.25) is 0 Å². The second-order valence-corrected chi connectivity index (χ2v) is 10.6. The Morgan fingerprint density at radius 1 is 0.950 bits per heavy atom. The molecule has 1 aliphatic carbocycles. The average molecular weight is 550 g/mol. The van der Waals surface area contributed by atoms with Crippen LogP contribution in [0.1, 0.15) is 24.0 Å². The number of fused-ring (bicyclic) bond motifs is 1. The first-order valence-corrected chi connectivity index (χ1v) is 14.0. The van der Waals surface area contributed by atoms with E-state index in [-0.39, 0.29) is 6.61 Å². The number of rotatable bonds is 9. The molecule has 0 amide bonds. The molecule has 0 saturated heterocycles. The van der Waals surface area contributed by atoms with Crippen LogP contribution in [-0.2, 0) is 13.2 Å². The average Bonchev–Trinajstić information content (AvgIpc) is 3.07. The van der Waals surface area contributed by atoms with Crippen LogP contribution in [0, 0.1) is 4.91 Å². The number of aliphatic hydroxyl groups is 1. The molecule has 1 aliphatic rings. The first-order valence-electron chi connectivity index (χ1n) is 13.2. The summed E-state index contributed by atoms with van der Waals surface area (Å²) < 4.78 is 0. The fraction of sp³-hybridized carbons (Fsp3) is 0.188. The highest BCUT2D eigenvalue weighted by atomic mass is 32.2. The van der Waals surface area contributed by atoms with Crippen molar-refractivity contribution in [2.24, 2.45) is 5.18 Å². The smallest absolute Gasteiger partial charge is 0.225 e. The molecule has 7 nitrogen and oxygen atoms in total. The van der Waals surface area contributed by atoms with Gasteiger partial charge in [-0.1, -0.05) is 96.4 Å². The molecule has 4 aromatic rings. The molecular weight excluding hydrogens is 518 g/mol. The maximum absolute atomic E-state index is 11.8. The number of nitrogens with one attached hydrogen (secondary N) is 2. The lowest BCUT2D eigenvalue weighted by atomic mass is 9.97. The Balaban J connectivity index is 1.42. The van der Waals surface area contributed by atoms with Gasteiger partial charge in [0.2, 0.25) is 5.95 Å². The molecule has 1 heterocycles. The van der Waals surface area contributed by atoms with Crippen molar-refractivity contribution in [3.05, 3.63) is 125 Å². The van der Waals surface area contributed by atoms with E-state index in [1.165, 1.54) is 0 Å². The van der Waals surface area contributed by atoms with Gasteiger partial charge in [-0.05, 0) is 53.8 Å². The van der Waals surface area contributed by atoms with Crippen LogP contribution in [0.5, 0.6) is 0 Å². The summed E-state index contributed by atoms with van der Waals surface area (Å²) in [6.45, 7) is 4.70. The summed E-state index contributed by atoms with van der Waals surface area (Å²) in [5, 5.41) is 20.9. The number of hydrogen-bond acceptors (Lipinski definition) is 8. The zero-order chi connectivity index (χ0) is 27.7. The lowest BCUT2D eigenvalue weighted by Crippen LogP contribution is -2.34. The normalized spacial score (nSPS) is 18.8. The fourth-order valence-corrected chi connectivity index (χ4v) is 5.70. The van der Waals surface area contributed by atoms with Gasteiger partial charge in [0.05, 0.1) is 18.2 Å². The molecule has 0 saturated carbocycles. The van der Waals surface area contributed by atoms with E-state index in [9.17, 15) is 10.0 Å².